The summed E-state index contributed by atoms with van der Waals surface area (Å²) in [7, 11) is 0. The van der Waals surface area contributed by atoms with Gasteiger partial charge in [0.25, 0.3) is 0 Å². The van der Waals surface area contributed by atoms with Gasteiger partial charge in [0, 0.05) is 30.7 Å². The fraction of sp³-hybridized carbons (Fsp3) is 0.611. The lowest BCUT2D eigenvalue weighted by molar-refractivity contribution is -0.153. The molecule has 0 aromatic heterocycles. The molecule has 3 atom stereocenters. The maximum absolute atomic E-state index is 13.2. The maximum atomic E-state index is 13.2. The van der Waals surface area contributed by atoms with Crippen LogP contribution >= 0.6 is 11.6 Å². The molecule has 1 unspecified atom stereocenters. The zero-order valence-corrected chi connectivity index (χ0v) is 14.0. The number of carbonyl (C=O) groups excluding carboxylic acids is 1. The molecule has 0 bridgehead atoms. The Bertz CT molecular complexity index is 571. The molecule has 5 heteroatoms. The second-order valence-corrected chi connectivity index (χ2v) is 7.28. The van der Waals surface area contributed by atoms with Gasteiger partial charge in [-0.05, 0) is 49.8 Å². The van der Waals surface area contributed by atoms with E-state index < -0.39 is 0 Å². The van der Waals surface area contributed by atoms with Crippen molar-refractivity contribution in [2.45, 2.75) is 44.2 Å². The predicted molar refractivity (Wildman–Crippen MR) is 88.9 cm³/mol. The molecule has 0 saturated carbocycles. The van der Waals surface area contributed by atoms with Crippen molar-refractivity contribution in [3.63, 3.8) is 0 Å². The SMILES string of the molecule is O=C([C@@H]1C2CCCN2O[C@H]1c1ccc(Cl)cc1)N1CCCCC1. The number of rotatable bonds is 2. The molecule has 1 aromatic rings. The van der Waals surface area contributed by atoms with Crippen molar-refractivity contribution in [3.05, 3.63) is 34.9 Å². The third-order valence-electron chi connectivity index (χ3n) is 5.39. The monoisotopic (exact) mass is 334 g/mol. The summed E-state index contributed by atoms with van der Waals surface area (Å²) in [6.45, 7) is 2.73. The Morgan fingerprint density at radius 1 is 1.04 bits per heavy atom. The molecule has 23 heavy (non-hydrogen) atoms. The summed E-state index contributed by atoms with van der Waals surface area (Å²) in [6, 6.07) is 7.97. The summed E-state index contributed by atoms with van der Waals surface area (Å²) in [5.41, 5.74) is 1.05. The topological polar surface area (TPSA) is 32.8 Å². The van der Waals surface area contributed by atoms with Crippen molar-refractivity contribution in [1.29, 1.82) is 0 Å². The summed E-state index contributed by atoms with van der Waals surface area (Å²) in [5, 5.41) is 2.76. The highest BCUT2D eigenvalue weighted by molar-refractivity contribution is 6.30. The molecule has 124 valence electrons. The standard InChI is InChI=1S/C18H23ClN2O2/c19-14-8-6-13(7-9-14)17-16(15-5-4-12-21(15)23-17)18(22)20-10-2-1-3-11-20/h6-9,15-17H,1-5,10-12H2/t15?,16-,17+/m1/s1. The molecule has 1 aromatic carbocycles. The van der Waals surface area contributed by atoms with Gasteiger partial charge in [0.05, 0.1) is 5.92 Å². The van der Waals surface area contributed by atoms with E-state index in [0.717, 1.165) is 50.9 Å². The smallest absolute Gasteiger partial charge is 0.230 e. The van der Waals surface area contributed by atoms with Crippen LogP contribution in [0.25, 0.3) is 0 Å². The number of amides is 1. The van der Waals surface area contributed by atoms with Gasteiger partial charge in [0.2, 0.25) is 5.91 Å². The first-order chi connectivity index (χ1) is 11.2. The molecule has 4 rings (SSSR count). The van der Waals surface area contributed by atoms with Gasteiger partial charge in [-0.25, -0.2) is 0 Å². The van der Waals surface area contributed by atoms with E-state index in [1.54, 1.807) is 0 Å². The van der Waals surface area contributed by atoms with Crippen molar-refractivity contribution in [2.75, 3.05) is 19.6 Å². The first kappa shape index (κ1) is 15.4. The summed E-state index contributed by atoms with van der Waals surface area (Å²) >= 11 is 6.01. The Hall–Kier alpha value is -1.10. The minimum absolute atomic E-state index is 0.0863. The van der Waals surface area contributed by atoms with Crippen LogP contribution in [0.4, 0.5) is 0 Å². The van der Waals surface area contributed by atoms with Crippen LogP contribution in [-0.4, -0.2) is 41.5 Å². The molecular weight excluding hydrogens is 312 g/mol. The average Bonchev–Trinajstić information content (AvgIpc) is 3.16. The molecule has 3 aliphatic heterocycles. The van der Waals surface area contributed by atoms with E-state index >= 15 is 0 Å². The molecule has 3 heterocycles. The molecule has 3 fully saturated rings. The van der Waals surface area contributed by atoms with Crippen molar-refractivity contribution in [1.82, 2.24) is 9.96 Å². The minimum atomic E-state index is -0.174. The highest BCUT2D eigenvalue weighted by Gasteiger charge is 2.50. The van der Waals surface area contributed by atoms with E-state index in [9.17, 15) is 4.79 Å². The van der Waals surface area contributed by atoms with E-state index in [1.807, 2.05) is 29.3 Å². The summed E-state index contributed by atoms with van der Waals surface area (Å²) in [4.78, 5) is 21.4. The van der Waals surface area contributed by atoms with Gasteiger partial charge < -0.3 is 4.90 Å². The number of fused-ring (bicyclic) bond motifs is 1. The Morgan fingerprint density at radius 2 is 1.78 bits per heavy atom. The van der Waals surface area contributed by atoms with E-state index in [2.05, 4.69) is 4.90 Å². The normalized spacial score (nSPS) is 31.3. The average molecular weight is 335 g/mol. The number of piperidine rings is 1. The lowest BCUT2D eigenvalue weighted by Gasteiger charge is -2.31. The van der Waals surface area contributed by atoms with E-state index in [0.29, 0.717) is 5.02 Å². The van der Waals surface area contributed by atoms with Crippen molar-refractivity contribution >= 4 is 17.5 Å². The van der Waals surface area contributed by atoms with Crippen LogP contribution in [0.15, 0.2) is 24.3 Å². The molecule has 0 aliphatic carbocycles. The summed E-state index contributed by atoms with van der Waals surface area (Å²) in [5.74, 6) is 0.191. The van der Waals surface area contributed by atoms with Gasteiger partial charge in [-0.1, -0.05) is 23.7 Å². The van der Waals surface area contributed by atoms with Crippen molar-refractivity contribution in [3.8, 4) is 0 Å². The Labute approximate surface area is 142 Å². The van der Waals surface area contributed by atoms with E-state index in [-0.39, 0.29) is 24.0 Å². The number of hydroxylamine groups is 2. The maximum Gasteiger partial charge on any atom is 0.230 e. The van der Waals surface area contributed by atoms with Crippen LogP contribution < -0.4 is 0 Å². The molecule has 4 nitrogen and oxygen atoms in total. The Morgan fingerprint density at radius 3 is 2.52 bits per heavy atom. The van der Waals surface area contributed by atoms with Gasteiger partial charge in [-0.3, -0.25) is 9.63 Å². The number of halogens is 1. The van der Waals surface area contributed by atoms with Gasteiger partial charge in [-0.2, -0.15) is 5.06 Å². The molecule has 0 N–H and O–H groups in total. The second kappa shape index (κ2) is 6.42. The van der Waals surface area contributed by atoms with Gasteiger partial charge in [-0.15, -0.1) is 0 Å². The van der Waals surface area contributed by atoms with Crippen LogP contribution in [0.3, 0.4) is 0 Å². The first-order valence-corrected chi connectivity index (χ1v) is 9.09. The van der Waals surface area contributed by atoms with Gasteiger partial charge in [0.1, 0.15) is 6.10 Å². The summed E-state index contributed by atoms with van der Waals surface area (Å²) < 4.78 is 0. The zero-order chi connectivity index (χ0) is 15.8. The largest absolute Gasteiger partial charge is 0.342 e. The Balaban J connectivity index is 1.61. The molecule has 0 radical (unpaired) electrons. The fourth-order valence-corrected chi connectivity index (χ4v) is 4.33. The van der Waals surface area contributed by atoms with Gasteiger partial charge in [0.15, 0.2) is 0 Å². The summed E-state index contributed by atoms with van der Waals surface area (Å²) in [6.07, 6.45) is 5.47. The molecule has 1 amide bonds. The van der Waals surface area contributed by atoms with Crippen molar-refractivity contribution < 1.29 is 9.63 Å². The minimum Gasteiger partial charge on any atom is -0.342 e. The van der Waals surface area contributed by atoms with Crippen molar-refractivity contribution in [2.24, 2.45) is 5.92 Å². The van der Waals surface area contributed by atoms with E-state index in [4.69, 9.17) is 16.4 Å². The van der Waals surface area contributed by atoms with Crippen LogP contribution in [0.2, 0.25) is 5.02 Å². The molecular formula is C18H23ClN2O2. The number of hydrogen-bond acceptors (Lipinski definition) is 3. The molecule has 0 spiro atoms. The lowest BCUT2D eigenvalue weighted by atomic mass is 9.87. The highest BCUT2D eigenvalue weighted by Crippen LogP contribution is 2.44. The first-order valence-electron chi connectivity index (χ1n) is 8.72. The van der Waals surface area contributed by atoms with Crippen LogP contribution in [-0.2, 0) is 9.63 Å². The molecule has 3 saturated heterocycles. The van der Waals surface area contributed by atoms with E-state index in [1.165, 1.54) is 6.42 Å². The third-order valence-corrected chi connectivity index (χ3v) is 5.64. The quantitative estimate of drug-likeness (QED) is 0.830. The predicted octanol–water partition coefficient (Wildman–Crippen LogP) is 3.42. The lowest BCUT2D eigenvalue weighted by Crippen LogP contribution is -2.44. The fourth-order valence-electron chi connectivity index (χ4n) is 4.21. The van der Waals surface area contributed by atoms with Crippen LogP contribution in [0, 0.1) is 5.92 Å². The van der Waals surface area contributed by atoms with Gasteiger partial charge >= 0.3 is 0 Å². The highest BCUT2D eigenvalue weighted by atomic mass is 35.5. The number of nitrogens with zero attached hydrogens (tertiary/aromatic N) is 2. The number of hydrogen-bond donors (Lipinski definition) is 0. The number of benzene rings is 1. The van der Waals surface area contributed by atoms with Crippen LogP contribution in [0.1, 0.15) is 43.8 Å². The number of likely N-dealkylation sites (tertiary alicyclic amines) is 1. The third kappa shape index (κ3) is 2.88. The molecule has 3 aliphatic rings. The van der Waals surface area contributed by atoms with Crippen LogP contribution in [0.5, 0.6) is 0 Å². The Kier molecular flexibility index (Phi) is 4.31. The number of carbonyl (C=O) groups is 1. The zero-order valence-electron chi connectivity index (χ0n) is 13.3. The second-order valence-electron chi connectivity index (χ2n) is 6.84.